The molecule has 0 bridgehead atoms. The number of carbonyl (C=O) groups excluding carboxylic acids is 2. The Balaban J connectivity index is 1.86. The van der Waals surface area contributed by atoms with Gasteiger partial charge in [0.25, 0.3) is 5.91 Å². The molecule has 0 N–H and O–H groups in total. The van der Waals surface area contributed by atoms with E-state index in [0.717, 1.165) is 5.56 Å². The summed E-state index contributed by atoms with van der Waals surface area (Å²) in [6.07, 6.45) is 1.76. The molecule has 1 aliphatic heterocycles. The summed E-state index contributed by atoms with van der Waals surface area (Å²) in [5.41, 5.74) is 1.41. The van der Waals surface area contributed by atoms with E-state index in [1.54, 1.807) is 51.6 Å². The van der Waals surface area contributed by atoms with E-state index in [4.69, 9.17) is 9.47 Å². The van der Waals surface area contributed by atoms with Gasteiger partial charge in [0.15, 0.2) is 16.7 Å². The first-order valence-electron chi connectivity index (χ1n) is 8.22. The number of rotatable bonds is 5. The van der Waals surface area contributed by atoms with Gasteiger partial charge in [-0.3, -0.25) is 9.69 Å². The maximum absolute atomic E-state index is 12.5. The van der Waals surface area contributed by atoms with Gasteiger partial charge < -0.3 is 19.4 Å². The normalized spacial score (nSPS) is 16.7. The molecule has 8 heteroatoms. The molecule has 0 spiro atoms. The van der Waals surface area contributed by atoms with Gasteiger partial charge in [-0.1, -0.05) is 18.2 Å². The van der Waals surface area contributed by atoms with Crippen LogP contribution >= 0.6 is 11.8 Å². The highest BCUT2D eigenvalue weighted by molar-refractivity contribution is 8.18. The monoisotopic (exact) mass is 397 g/mol. The minimum absolute atomic E-state index is 0.0708. The van der Waals surface area contributed by atoms with Crippen LogP contribution in [0.2, 0.25) is 0 Å². The number of amides is 1. The summed E-state index contributed by atoms with van der Waals surface area (Å²) in [4.78, 5) is 29.8. The van der Waals surface area contributed by atoms with Crippen molar-refractivity contribution < 1.29 is 24.2 Å². The number of hydrogen-bond acceptors (Lipinski definition) is 7. The van der Waals surface area contributed by atoms with Gasteiger partial charge in [-0.25, -0.2) is 4.99 Å². The van der Waals surface area contributed by atoms with E-state index in [1.807, 2.05) is 6.07 Å². The molecule has 2 aromatic carbocycles. The Labute approximate surface area is 166 Å². The predicted octanol–water partition coefficient (Wildman–Crippen LogP) is 2.30. The molecule has 0 atom stereocenters. The average Bonchev–Trinajstić information content (AvgIpc) is 2.96. The van der Waals surface area contributed by atoms with Crippen molar-refractivity contribution >= 4 is 40.6 Å². The van der Waals surface area contributed by atoms with Crippen LogP contribution in [0.5, 0.6) is 11.5 Å². The average molecular weight is 397 g/mol. The summed E-state index contributed by atoms with van der Waals surface area (Å²) >= 11 is 1.24. The van der Waals surface area contributed by atoms with Crippen LogP contribution in [0.15, 0.2) is 52.4 Å². The highest BCUT2D eigenvalue weighted by atomic mass is 32.2. The van der Waals surface area contributed by atoms with Crippen LogP contribution in [0.1, 0.15) is 15.9 Å². The van der Waals surface area contributed by atoms with Crippen LogP contribution in [0.3, 0.4) is 0 Å². The lowest BCUT2D eigenvalue weighted by Crippen LogP contribution is -2.23. The smallest absolute Gasteiger partial charge is 0.266 e. The fourth-order valence-corrected chi connectivity index (χ4v) is 3.51. The number of ether oxygens (including phenoxy) is 2. The Morgan fingerprint density at radius 1 is 1.11 bits per heavy atom. The molecule has 1 fully saturated rings. The van der Waals surface area contributed by atoms with Gasteiger partial charge in [-0.2, -0.15) is 0 Å². The number of hydrogen-bond donors (Lipinski definition) is 0. The van der Waals surface area contributed by atoms with Gasteiger partial charge in [0.05, 0.1) is 30.8 Å². The number of likely N-dealkylation sites (N-methyl/N-ethyl adjacent to an activating group) is 1. The maximum atomic E-state index is 12.5. The first-order valence-corrected chi connectivity index (χ1v) is 9.04. The van der Waals surface area contributed by atoms with Crippen molar-refractivity contribution in [2.75, 3.05) is 21.3 Å². The molecule has 1 saturated heterocycles. The predicted molar refractivity (Wildman–Crippen MR) is 106 cm³/mol. The van der Waals surface area contributed by atoms with E-state index >= 15 is 0 Å². The quantitative estimate of drug-likeness (QED) is 0.719. The number of carboxylic acid groups (broad SMARTS) is 1. The van der Waals surface area contributed by atoms with Crippen LogP contribution < -0.4 is 14.6 Å². The van der Waals surface area contributed by atoms with Crippen LogP contribution in [0.25, 0.3) is 6.08 Å². The molecule has 0 aliphatic carbocycles. The Morgan fingerprint density at radius 2 is 1.79 bits per heavy atom. The van der Waals surface area contributed by atoms with Gasteiger partial charge in [-0.15, -0.1) is 0 Å². The van der Waals surface area contributed by atoms with Gasteiger partial charge in [-0.05, 0) is 53.2 Å². The van der Waals surface area contributed by atoms with Crippen molar-refractivity contribution in [3.8, 4) is 11.5 Å². The van der Waals surface area contributed by atoms with Crippen LogP contribution in [0, 0.1) is 0 Å². The van der Waals surface area contributed by atoms with Crippen molar-refractivity contribution in [3.05, 3.63) is 58.5 Å². The summed E-state index contributed by atoms with van der Waals surface area (Å²) in [7, 11) is 4.75. The number of methoxy groups -OCH3 is 2. The van der Waals surface area contributed by atoms with E-state index in [2.05, 4.69) is 4.99 Å². The molecule has 0 unspecified atom stereocenters. The summed E-state index contributed by atoms with van der Waals surface area (Å²) < 4.78 is 10.5. The second-order valence-corrected chi connectivity index (χ2v) is 6.83. The summed E-state index contributed by atoms with van der Waals surface area (Å²) in [5, 5.41) is 11.3. The molecular formula is C20H17N2O5S-. The summed E-state index contributed by atoms with van der Waals surface area (Å²) in [5.74, 6) is -0.247. The Morgan fingerprint density at radius 3 is 2.39 bits per heavy atom. The highest BCUT2D eigenvalue weighted by Crippen LogP contribution is 2.35. The van der Waals surface area contributed by atoms with E-state index in [9.17, 15) is 14.7 Å². The molecule has 1 aliphatic rings. The zero-order valence-electron chi connectivity index (χ0n) is 15.5. The lowest BCUT2D eigenvalue weighted by atomic mass is 10.2. The Bertz CT molecular complexity index is 983. The molecule has 1 heterocycles. The molecule has 0 saturated carbocycles. The fourth-order valence-electron chi connectivity index (χ4n) is 2.53. The van der Waals surface area contributed by atoms with Crippen LogP contribution in [0.4, 0.5) is 5.69 Å². The third-order valence-corrected chi connectivity index (χ3v) is 5.10. The van der Waals surface area contributed by atoms with Crippen molar-refractivity contribution in [2.45, 2.75) is 0 Å². The van der Waals surface area contributed by atoms with Crippen molar-refractivity contribution in [1.82, 2.24) is 4.90 Å². The first kappa shape index (κ1) is 19.5. The third-order valence-electron chi connectivity index (χ3n) is 4.04. The van der Waals surface area contributed by atoms with Gasteiger partial charge >= 0.3 is 0 Å². The van der Waals surface area contributed by atoms with Gasteiger partial charge in [0.1, 0.15) is 0 Å². The molecule has 0 radical (unpaired) electrons. The molecule has 144 valence electrons. The minimum Gasteiger partial charge on any atom is -0.545 e. The summed E-state index contributed by atoms with van der Waals surface area (Å²) in [6, 6.07) is 11.3. The second-order valence-electron chi connectivity index (χ2n) is 5.82. The zero-order valence-corrected chi connectivity index (χ0v) is 16.3. The largest absolute Gasteiger partial charge is 0.545 e. The standard InChI is InChI=1S/C20H18N2O5S/c1-22-18(23)17(11-12-4-9-15(26-2)16(10-12)27-3)28-20(22)21-14-7-5-13(6-8-14)19(24)25/h4-11H,1-3H3,(H,24,25)/p-1/b17-11-,21-20?. The molecule has 1 amide bonds. The van der Waals surface area contributed by atoms with E-state index in [1.165, 1.54) is 28.8 Å². The zero-order chi connectivity index (χ0) is 20.3. The van der Waals surface area contributed by atoms with Crippen LogP contribution in [-0.4, -0.2) is 43.2 Å². The number of carbonyl (C=O) groups is 2. The SMILES string of the molecule is COc1ccc(/C=C2\SC(=Nc3ccc(C(=O)[O-])cc3)N(C)C2=O)cc1OC. The molecule has 3 rings (SSSR count). The molecular weight excluding hydrogens is 380 g/mol. The first-order chi connectivity index (χ1) is 13.4. The maximum Gasteiger partial charge on any atom is 0.266 e. The Kier molecular flexibility index (Phi) is 5.70. The van der Waals surface area contributed by atoms with Gasteiger partial charge in [0, 0.05) is 7.05 Å². The fraction of sp³-hybridized carbons (Fsp3) is 0.150. The van der Waals surface area contributed by atoms with Crippen molar-refractivity contribution in [2.24, 2.45) is 4.99 Å². The number of aliphatic imine (C=N–C) groups is 1. The molecule has 7 nitrogen and oxygen atoms in total. The lowest BCUT2D eigenvalue weighted by molar-refractivity contribution is -0.255. The molecule has 0 aromatic heterocycles. The minimum atomic E-state index is -1.25. The number of aromatic carboxylic acids is 1. The summed E-state index contributed by atoms with van der Waals surface area (Å²) in [6.45, 7) is 0. The van der Waals surface area contributed by atoms with E-state index in [-0.39, 0.29) is 11.5 Å². The number of carboxylic acids is 1. The number of amidine groups is 1. The van der Waals surface area contributed by atoms with Gasteiger partial charge in [0.2, 0.25) is 0 Å². The topological polar surface area (TPSA) is 91.3 Å². The highest BCUT2D eigenvalue weighted by Gasteiger charge is 2.30. The third kappa shape index (κ3) is 4.01. The van der Waals surface area contributed by atoms with E-state index < -0.39 is 5.97 Å². The second kappa shape index (κ2) is 8.18. The van der Waals surface area contributed by atoms with E-state index in [0.29, 0.717) is 27.3 Å². The number of thioether (sulfide) groups is 1. The lowest BCUT2D eigenvalue weighted by Gasteiger charge is -2.08. The molecule has 2 aromatic rings. The molecule has 28 heavy (non-hydrogen) atoms. The van der Waals surface area contributed by atoms with Crippen molar-refractivity contribution in [1.29, 1.82) is 0 Å². The van der Waals surface area contributed by atoms with Crippen molar-refractivity contribution in [3.63, 3.8) is 0 Å². The number of benzene rings is 2. The Hall–Kier alpha value is -3.26. The number of nitrogens with zero attached hydrogens (tertiary/aromatic N) is 2. The van der Waals surface area contributed by atoms with Crippen LogP contribution in [-0.2, 0) is 4.79 Å².